The zero-order valence-electron chi connectivity index (χ0n) is 47.7. The second-order valence-electron chi connectivity index (χ2n) is 23.1. The van der Waals surface area contributed by atoms with E-state index in [9.17, 15) is 0 Å². The van der Waals surface area contributed by atoms with Crippen molar-refractivity contribution in [3.05, 3.63) is 362 Å². The molecule has 0 bridgehead atoms. The second kappa shape index (κ2) is 20.5. The van der Waals surface area contributed by atoms with Gasteiger partial charge in [0.15, 0.2) is 0 Å². The molecule has 406 valence electrons. The molecule has 0 N–H and O–H groups in total. The molecule has 2 nitrogen and oxygen atoms in total. The molecule has 0 radical (unpaired) electrons. The summed E-state index contributed by atoms with van der Waals surface area (Å²) in [5.74, 6) is 0. The van der Waals surface area contributed by atoms with Gasteiger partial charge in [-0.05, 0) is 161 Å². The minimum Gasteiger partial charge on any atom is -0.309 e. The topological polar surface area (TPSA) is 9.86 Å². The first-order valence-electron chi connectivity index (χ1n) is 30.1. The Labute approximate surface area is 506 Å². The third-order valence-electron chi connectivity index (χ3n) is 18.5. The average molecular weight is 1110 g/mol. The van der Waals surface area contributed by atoms with Crippen molar-refractivity contribution < 1.29 is 0 Å². The minimum absolute atomic E-state index is 0.543. The van der Waals surface area contributed by atoms with E-state index in [1.165, 1.54) is 149 Å². The molecule has 14 aromatic carbocycles. The number of para-hydroxylation sites is 4. The van der Waals surface area contributed by atoms with Gasteiger partial charge in [0.1, 0.15) is 0 Å². The van der Waals surface area contributed by atoms with Crippen molar-refractivity contribution in [3.8, 4) is 89.3 Å². The smallest absolute Gasteiger partial charge is 0.0713 e. The van der Waals surface area contributed by atoms with Crippen molar-refractivity contribution in [1.82, 2.24) is 9.13 Å². The summed E-state index contributed by atoms with van der Waals surface area (Å²) in [7, 11) is 0. The Kier molecular flexibility index (Phi) is 11.8. The lowest BCUT2D eigenvalue weighted by molar-refractivity contribution is 0.769. The molecule has 0 aliphatic heterocycles. The van der Waals surface area contributed by atoms with E-state index in [2.05, 4.69) is 349 Å². The molecular weight excluding hydrogens is 1050 g/mol. The highest BCUT2D eigenvalue weighted by Crippen LogP contribution is 2.57. The van der Waals surface area contributed by atoms with Gasteiger partial charge in [-0.1, -0.05) is 273 Å². The Morgan fingerprint density at radius 2 is 0.540 bits per heavy atom. The fourth-order valence-electron chi connectivity index (χ4n) is 14.4. The molecule has 17 rings (SSSR count). The molecule has 0 fully saturated rings. The van der Waals surface area contributed by atoms with Crippen LogP contribution in [-0.2, 0) is 5.41 Å². The normalized spacial score (nSPS) is 12.5. The summed E-state index contributed by atoms with van der Waals surface area (Å²) in [4.78, 5) is 0. The minimum atomic E-state index is -0.543. The number of benzene rings is 14. The fraction of sp³-hybridized carbons (Fsp3) is 0.0118. The molecule has 87 heavy (non-hydrogen) atoms. The van der Waals surface area contributed by atoms with Crippen molar-refractivity contribution >= 4 is 43.6 Å². The van der Waals surface area contributed by atoms with Gasteiger partial charge in [-0.3, -0.25) is 0 Å². The van der Waals surface area contributed by atoms with Crippen LogP contribution in [0.1, 0.15) is 22.3 Å². The van der Waals surface area contributed by atoms with E-state index in [1.54, 1.807) is 0 Å². The molecule has 2 heterocycles. The number of hydrogen-bond acceptors (Lipinski definition) is 0. The molecule has 0 amide bonds. The van der Waals surface area contributed by atoms with Gasteiger partial charge < -0.3 is 9.13 Å². The van der Waals surface area contributed by atoms with Crippen molar-refractivity contribution in [2.75, 3.05) is 0 Å². The summed E-state index contributed by atoms with van der Waals surface area (Å²) in [5, 5.41) is 4.97. The maximum absolute atomic E-state index is 2.46. The van der Waals surface area contributed by atoms with Gasteiger partial charge in [-0.15, -0.1) is 0 Å². The van der Waals surface area contributed by atoms with Crippen LogP contribution in [-0.4, -0.2) is 9.13 Å². The van der Waals surface area contributed by atoms with Crippen LogP contribution in [0, 0.1) is 0 Å². The number of nitrogens with zero attached hydrogens (tertiary/aromatic N) is 2. The van der Waals surface area contributed by atoms with E-state index in [-0.39, 0.29) is 0 Å². The molecule has 1 aliphatic carbocycles. The lowest BCUT2D eigenvalue weighted by Crippen LogP contribution is -2.28. The maximum Gasteiger partial charge on any atom is 0.0713 e. The Hall–Kier alpha value is -11.3. The van der Waals surface area contributed by atoms with Crippen LogP contribution in [0.25, 0.3) is 133 Å². The van der Waals surface area contributed by atoms with E-state index < -0.39 is 5.41 Å². The zero-order valence-corrected chi connectivity index (χ0v) is 47.7. The van der Waals surface area contributed by atoms with Crippen LogP contribution in [0.4, 0.5) is 0 Å². The van der Waals surface area contributed by atoms with Crippen LogP contribution in [0.5, 0.6) is 0 Å². The molecule has 0 atom stereocenters. The monoisotopic (exact) mass is 1100 g/mol. The number of fused-ring (bicyclic) bond motifs is 9. The van der Waals surface area contributed by atoms with Crippen molar-refractivity contribution in [2.24, 2.45) is 0 Å². The van der Waals surface area contributed by atoms with Gasteiger partial charge in [0, 0.05) is 32.8 Å². The lowest BCUT2D eigenvalue weighted by Gasteiger charge is -2.34. The molecule has 2 heteroatoms. The molecule has 0 spiro atoms. The Morgan fingerprint density at radius 3 is 1.07 bits per heavy atom. The van der Waals surface area contributed by atoms with E-state index in [0.29, 0.717) is 0 Å². The van der Waals surface area contributed by atoms with Gasteiger partial charge >= 0.3 is 0 Å². The standard InChI is InChI=1S/C85H56N2/c1-3-19-57(20-4-1)58-37-41-61(42-38-58)64-21-17-23-68(53-64)85(78-32-12-7-28-72(78)73-29-8-13-33-79(73)85)69-24-18-22-65(54-69)62-43-39-59(40-44-62)60-45-47-63(48-46-60)71-27-9-14-34-80(71)87-82-36-16-11-31-75(82)77-56-67(50-52-84(77)87)66-49-51-83-76(55-66)74-30-10-15-35-81(74)86(83)70-25-5-2-6-26-70/h1-56H. The van der Waals surface area contributed by atoms with Crippen LogP contribution < -0.4 is 0 Å². The molecule has 1 aliphatic rings. The first-order chi connectivity index (χ1) is 43.1. The van der Waals surface area contributed by atoms with E-state index >= 15 is 0 Å². The predicted octanol–water partition coefficient (Wildman–Crippen LogP) is 22.2. The van der Waals surface area contributed by atoms with Crippen LogP contribution in [0.2, 0.25) is 0 Å². The molecule has 16 aromatic rings. The van der Waals surface area contributed by atoms with Crippen LogP contribution in [0.15, 0.2) is 340 Å². The number of rotatable bonds is 10. The van der Waals surface area contributed by atoms with Crippen molar-refractivity contribution in [1.29, 1.82) is 0 Å². The van der Waals surface area contributed by atoms with Gasteiger partial charge in [-0.25, -0.2) is 0 Å². The molecule has 2 aromatic heterocycles. The summed E-state index contributed by atoms with van der Waals surface area (Å²) in [6.07, 6.45) is 0. The van der Waals surface area contributed by atoms with Crippen molar-refractivity contribution in [2.45, 2.75) is 5.41 Å². The second-order valence-corrected chi connectivity index (χ2v) is 23.1. The van der Waals surface area contributed by atoms with E-state index in [1.807, 2.05) is 0 Å². The number of aromatic nitrogens is 2. The zero-order chi connectivity index (χ0) is 57.4. The van der Waals surface area contributed by atoms with Crippen LogP contribution >= 0.6 is 0 Å². The highest BCUT2D eigenvalue weighted by atomic mass is 15.0. The van der Waals surface area contributed by atoms with Gasteiger partial charge in [-0.2, -0.15) is 0 Å². The van der Waals surface area contributed by atoms with Gasteiger partial charge in [0.05, 0.1) is 33.2 Å². The third-order valence-corrected chi connectivity index (χ3v) is 18.5. The highest BCUT2D eigenvalue weighted by Gasteiger charge is 2.46. The number of hydrogen-bond donors (Lipinski definition) is 0. The van der Waals surface area contributed by atoms with Gasteiger partial charge in [0.25, 0.3) is 0 Å². The van der Waals surface area contributed by atoms with Crippen LogP contribution in [0.3, 0.4) is 0 Å². The molecule has 0 unspecified atom stereocenters. The average Bonchev–Trinajstić information content (AvgIpc) is 1.71. The van der Waals surface area contributed by atoms with Gasteiger partial charge in [0.2, 0.25) is 0 Å². The highest BCUT2D eigenvalue weighted by molar-refractivity contribution is 6.13. The first-order valence-corrected chi connectivity index (χ1v) is 30.1. The molecule has 0 saturated carbocycles. The Balaban J connectivity index is 0.690. The summed E-state index contributed by atoms with van der Waals surface area (Å²) < 4.78 is 4.84. The molecule has 0 saturated heterocycles. The SMILES string of the molecule is c1ccc(-c2ccc(-c3cccc(C4(c5cccc(-c6ccc(-c7ccc(-c8ccccc8-n8c9ccccc9c9cc(-c%10ccc%11c(c%10)c%10ccccc%10n%11-c%10ccccc%10)ccc98)cc7)cc6)c5)c5ccccc5-c5ccccc54)c3)cc2)cc1. The summed E-state index contributed by atoms with van der Waals surface area (Å²) >= 11 is 0. The summed E-state index contributed by atoms with van der Waals surface area (Å²) in [6, 6.07) is 126. The van der Waals surface area contributed by atoms with Crippen molar-refractivity contribution in [3.63, 3.8) is 0 Å². The summed E-state index contributed by atoms with van der Waals surface area (Å²) in [5.41, 5.74) is 28.5. The third kappa shape index (κ3) is 8.17. The fourth-order valence-corrected chi connectivity index (χ4v) is 14.4. The predicted molar refractivity (Wildman–Crippen MR) is 365 cm³/mol. The maximum atomic E-state index is 2.46. The van der Waals surface area contributed by atoms with E-state index in [0.717, 1.165) is 5.69 Å². The summed E-state index contributed by atoms with van der Waals surface area (Å²) in [6.45, 7) is 0. The Bertz CT molecular complexity index is 5250. The Morgan fingerprint density at radius 1 is 0.195 bits per heavy atom. The lowest BCUT2D eigenvalue weighted by atomic mass is 9.67. The molecular formula is C85H56N2. The van der Waals surface area contributed by atoms with E-state index in [4.69, 9.17) is 0 Å². The quantitative estimate of drug-likeness (QED) is 0.129. The largest absolute Gasteiger partial charge is 0.309 e. The first kappa shape index (κ1) is 50.2.